The summed E-state index contributed by atoms with van der Waals surface area (Å²) in [5.41, 5.74) is 2.24. The molecule has 0 bridgehead atoms. The minimum absolute atomic E-state index is 0.0613. The molecule has 16 heavy (non-hydrogen) atoms. The van der Waals surface area contributed by atoms with Gasteiger partial charge in [0.1, 0.15) is 0 Å². The maximum Gasteiger partial charge on any atom is 0.165 e. The summed E-state index contributed by atoms with van der Waals surface area (Å²) in [5.74, 6) is 1.44. The normalized spacial score (nSPS) is 19.1. The number of hydrogen-bond donors (Lipinski definition) is 2. The Kier molecular flexibility index (Phi) is 3.31. The van der Waals surface area contributed by atoms with Crippen molar-refractivity contribution in [2.75, 3.05) is 27.4 Å². The standard InChI is InChI=1S/C12H17NO3/c1-15-10-4-3-8-5-6-13-9(7-14)11(8)12(10)16-2/h3-4,9,13-14H,5-7H2,1-2H3. The molecule has 1 atom stereocenters. The summed E-state index contributed by atoms with van der Waals surface area (Å²) in [4.78, 5) is 0. The molecule has 88 valence electrons. The molecule has 1 aromatic rings. The largest absolute Gasteiger partial charge is 0.493 e. The summed E-state index contributed by atoms with van der Waals surface area (Å²) in [6, 6.07) is 3.89. The molecule has 0 aliphatic carbocycles. The average molecular weight is 223 g/mol. The zero-order valence-electron chi connectivity index (χ0n) is 9.62. The van der Waals surface area contributed by atoms with Crippen LogP contribution in [-0.4, -0.2) is 32.5 Å². The van der Waals surface area contributed by atoms with E-state index in [0.29, 0.717) is 5.75 Å². The molecular weight excluding hydrogens is 206 g/mol. The molecule has 1 aliphatic heterocycles. The van der Waals surface area contributed by atoms with Crippen molar-refractivity contribution in [1.29, 1.82) is 0 Å². The number of benzene rings is 1. The first-order valence-electron chi connectivity index (χ1n) is 5.39. The minimum atomic E-state index is -0.0613. The lowest BCUT2D eigenvalue weighted by Gasteiger charge is -2.28. The molecule has 1 unspecified atom stereocenters. The number of ether oxygens (including phenoxy) is 2. The monoisotopic (exact) mass is 223 g/mol. The van der Waals surface area contributed by atoms with Crippen LogP contribution in [0.4, 0.5) is 0 Å². The molecule has 0 radical (unpaired) electrons. The second kappa shape index (κ2) is 4.72. The Morgan fingerprint density at radius 3 is 2.81 bits per heavy atom. The van der Waals surface area contributed by atoms with Crippen LogP contribution in [0, 0.1) is 0 Å². The predicted molar refractivity (Wildman–Crippen MR) is 61.1 cm³/mol. The number of aliphatic hydroxyl groups is 1. The van der Waals surface area contributed by atoms with E-state index >= 15 is 0 Å². The molecule has 2 N–H and O–H groups in total. The molecule has 2 rings (SSSR count). The van der Waals surface area contributed by atoms with Crippen LogP contribution in [-0.2, 0) is 6.42 Å². The van der Waals surface area contributed by atoms with Crippen LogP contribution in [0.3, 0.4) is 0 Å². The van der Waals surface area contributed by atoms with E-state index in [1.807, 2.05) is 12.1 Å². The molecule has 4 nitrogen and oxygen atoms in total. The van der Waals surface area contributed by atoms with Gasteiger partial charge < -0.3 is 19.9 Å². The van der Waals surface area contributed by atoms with Crippen LogP contribution in [0.5, 0.6) is 11.5 Å². The predicted octanol–water partition coefficient (Wildman–Crippen LogP) is 0.883. The molecule has 1 heterocycles. The second-order valence-electron chi connectivity index (χ2n) is 3.81. The van der Waals surface area contributed by atoms with Crippen LogP contribution in [0.2, 0.25) is 0 Å². The molecule has 0 fully saturated rings. The summed E-state index contributed by atoms with van der Waals surface area (Å²) in [6.07, 6.45) is 0.951. The number of hydrogen-bond acceptors (Lipinski definition) is 4. The first-order chi connectivity index (χ1) is 7.81. The molecule has 1 aliphatic rings. The Labute approximate surface area is 95.2 Å². The van der Waals surface area contributed by atoms with Gasteiger partial charge in [-0.2, -0.15) is 0 Å². The summed E-state index contributed by atoms with van der Waals surface area (Å²) in [6.45, 7) is 0.949. The fraction of sp³-hybridized carbons (Fsp3) is 0.500. The minimum Gasteiger partial charge on any atom is -0.493 e. The van der Waals surface area contributed by atoms with Crippen molar-refractivity contribution >= 4 is 0 Å². The van der Waals surface area contributed by atoms with E-state index in [2.05, 4.69) is 5.32 Å². The van der Waals surface area contributed by atoms with Crippen molar-refractivity contribution in [1.82, 2.24) is 5.32 Å². The van der Waals surface area contributed by atoms with E-state index < -0.39 is 0 Å². The van der Waals surface area contributed by atoms with Crippen molar-refractivity contribution in [3.8, 4) is 11.5 Å². The van der Waals surface area contributed by atoms with Crippen molar-refractivity contribution < 1.29 is 14.6 Å². The maximum atomic E-state index is 9.36. The Hall–Kier alpha value is -1.26. The van der Waals surface area contributed by atoms with Crippen molar-refractivity contribution in [2.24, 2.45) is 0 Å². The highest BCUT2D eigenvalue weighted by molar-refractivity contribution is 5.53. The third-order valence-corrected chi connectivity index (χ3v) is 2.99. The van der Waals surface area contributed by atoms with Gasteiger partial charge in [0.05, 0.1) is 26.9 Å². The van der Waals surface area contributed by atoms with Crippen LogP contribution in [0.25, 0.3) is 0 Å². The first-order valence-corrected chi connectivity index (χ1v) is 5.39. The summed E-state index contributed by atoms with van der Waals surface area (Å²) < 4.78 is 10.7. The van der Waals surface area contributed by atoms with Crippen LogP contribution >= 0.6 is 0 Å². The topological polar surface area (TPSA) is 50.7 Å². The summed E-state index contributed by atoms with van der Waals surface area (Å²) >= 11 is 0. The van der Waals surface area contributed by atoms with E-state index in [9.17, 15) is 5.11 Å². The highest BCUT2D eigenvalue weighted by atomic mass is 16.5. The van der Waals surface area contributed by atoms with E-state index in [1.54, 1.807) is 14.2 Å². The lowest BCUT2D eigenvalue weighted by Crippen LogP contribution is -2.32. The number of aliphatic hydroxyl groups excluding tert-OH is 1. The highest BCUT2D eigenvalue weighted by Crippen LogP contribution is 2.38. The second-order valence-corrected chi connectivity index (χ2v) is 3.81. The van der Waals surface area contributed by atoms with Gasteiger partial charge in [0.15, 0.2) is 11.5 Å². The van der Waals surface area contributed by atoms with Gasteiger partial charge in [-0.05, 0) is 24.6 Å². The van der Waals surface area contributed by atoms with Gasteiger partial charge in [-0.15, -0.1) is 0 Å². The molecule has 0 saturated heterocycles. The quantitative estimate of drug-likeness (QED) is 0.798. The highest BCUT2D eigenvalue weighted by Gasteiger charge is 2.25. The van der Waals surface area contributed by atoms with E-state index in [1.165, 1.54) is 5.56 Å². The van der Waals surface area contributed by atoms with Gasteiger partial charge in [0.25, 0.3) is 0 Å². The number of methoxy groups -OCH3 is 2. The van der Waals surface area contributed by atoms with Crippen LogP contribution in [0.15, 0.2) is 12.1 Å². The van der Waals surface area contributed by atoms with Gasteiger partial charge in [0.2, 0.25) is 0 Å². The third-order valence-electron chi connectivity index (χ3n) is 2.99. The van der Waals surface area contributed by atoms with E-state index in [4.69, 9.17) is 9.47 Å². The maximum absolute atomic E-state index is 9.36. The van der Waals surface area contributed by atoms with Gasteiger partial charge in [-0.25, -0.2) is 0 Å². The van der Waals surface area contributed by atoms with E-state index in [-0.39, 0.29) is 12.6 Å². The molecule has 0 aromatic heterocycles. The third kappa shape index (κ3) is 1.74. The van der Waals surface area contributed by atoms with Gasteiger partial charge in [-0.3, -0.25) is 0 Å². The number of nitrogens with one attached hydrogen (secondary N) is 1. The number of rotatable bonds is 3. The Bertz CT molecular complexity index is 379. The Morgan fingerprint density at radius 2 is 2.19 bits per heavy atom. The van der Waals surface area contributed by atoms with E-state index in [0.717, 1.165) is 24.3 Å². The fourth-order valence-corrected chi connectivity index (χ4v) is 2.23. The van der Waals surface area contributed by atoms with Crippen LogP contribution < -0.4 is 14.8 Å². The molecule has 1 aromatic carbocycles. The van der Waals surface area contributed by atoms with Gasteiger partial charge in [0, 0.05) is 5.56 Å². The van der Waals surface area contributed by atoms with Crippen LogP contribution in [0.1, 0.15) is 17.2 Å². The Morgan fingerprint density at radius 1 is 1.38 bits per heavy atom. The smallest absolute Gasteiger partial charge is 0.165 e. The molecule has 0 amide bonds. The number of fused-ring (bicyclic) bond motifs is 1. The summed E-state index contributed by atoms with van der Waals surface area (Å²) in [5, 5.41) is 12.6. The van der Waals surface area contributed by atoms with Gasteiger partial charge >= 0.3 is 0 Å². The van der Waals surface area contributed by atoms with Crippen molar-refractivity contribution in [2.45, 2.75) is 12.5 Å². The molecule has 0 spiro atoms. The van der Waals surface area contributed by atoms with Gasteiger partial charge in [-0.1, -0.05) is 6.07 Å². The molecule has 0 saturated carbocycles. The summed E-state index contributed by atoms with van der Waals surface area (Å²) in [7, 11) is 3.25. The van der Waals surface area contributed by atoms with Crippen molar-refractivity contribution in [3.05, 3.63) is 23.3 Å². The molecular formula is C12H17NO3. The zero-order chi connectivity index (χ0) is 11.5. The van der Waals surface area contributed by atoms with Crippen molar-refractivity contribution in [3.63, 3.8) is 0 Å². The fourth-order valence-electron chi connectivity index (χ4n) is 2.23. The Balaban J connectivity index is 2.54. The molecule has 4 heteroatoms. The zero-order valence-corrected chi connectivity index (χ0v) is 9.62. The lowest BCUT2D eigenvalue weighted by atomic mass is 9.93. The lowest BCUT2D eigenvalue weighted by molar-refractivity contribution is 0.235. The average Bonchev–Trinajstić information content (AvgIpc) is 2.36. The SMILES string of the molecule is COc1ccc2c(c1OC)C(CO)NCC2. The first kappa shape index (κ1) is 11.2.